The normalized spacial score (nSPS) is 10.8. The number of nitrogens with zero attached hydrogens (tertiary/aromatic N) is 1. The van der Waals surface area contributed by atoms with Crippen molar-refractivity contribution in [2.45, 2.75) is 33.2 Å². The average Bonchev–Trinajstić information content (AvgIpc) is 2.62. The fraction of sp³-hybridized carbons (Fsp3) is 0.300. The second-order valence-corrected chi connectivity index (χ2v) is 6.00. The van der Waals surface area contributed by atoms with Crippen molar-refractivity contribution in [3.05, 3.63) is 65.2 Å². The summed E-state index contributed by atoms with van der Waals surface area (Å²) in [6.45, 7) is 5.31. The Bertz CT molecular complexity index is 712. The van der Waals surface area contributed by atoms with Crippen LogP contribution in [0.4, 0.5) is 5.69 Å². The largest absolute Gasteiger partial charge is 0.370 e. The number of nitrogens with two attached hydrogens (primary N) is 1. The van der Waals surface area contributed by atoms with Gasteiger partial charge in [0.15, 0.2) is 5.96 Å². The number of guanidine groups is 1. The maximum Gasteiger partial charge on any atom is 0.251 e. The fourth-order valence-electron chi connectivity index (χ4n) is 2.24. The molecule has 140 valence electrons. The van der Waals surface area contributed by atoms with Gasteiger partial charge >= 0.3 is 0 Å². The molecule has 0 heterocycles. The third-order valence-electron chi connectivity index (χ3n) is 3.79. The van der Waals surface area contributed by atoms with E-state index in [-0.39, 0.29) is 29.9 Å². The highest BCUT2D eigenvalue weighted by atomic mass is 127. The Morgan fingerprint density at radius 3 is 2.35 bits per heavy atom. The van der Waals surface area contributed by atoms with Crippen molar-refractivity contribution in [1.82, 2.24) is 5.32 Å². The van der Waals surface area contributed by atoms with E-state index in [0.29, 0.717) is 24.6 Å². The summed E-state index contributed by atoms with van der Waals surface area (Å²) in [6, 6.07) is 15.4. The van der Waals surface area contributed by atoms with E-state index in [9.17, 15) is 4.79 Å². The van der Waals surface area contributed by atoms with E-state index in [4.69, 9.17) is 5.73 Å². The third kappa shape index (κ3) is 7.43. The zero-order valence-corrected chi connectivity index (χ0v) is 17.6. The van der Waals surface area contributed by atoms with Crippen LogP contribution in [0.5, 0.6) is 0 Å². The summed E-state index contributed by atoms with van der Waals surface area (Å²) in [6.07, 6.45) is 2.06. The maximum absolute atomic E-state index is 12.0. The number of benzene rings is 2. The molecule has 0 aliphatic heterocycles. The number of unbranched alkanes of at least 4 members (excludes halogenated alkanes) is 1. The summed E-state index contributed by atoms with van der Waals surface area (Å²) in [5.74, 6) is 0.328. The molecule has 6 heteroatoms. The molecule has 4 N–H and O–H groups in total. The zero-order valence-electron chi connectivity index (χ0n) is 15.3. The minimum Gasteiger partial charge on any atom is -0.370 e. The Balaban J connectivity index is 0.00000338. The van der Waals surface area contributed by atoms with E-state index in [1.165, 1.54) is 5.56 Å². The van der Waals surface area contributed by atoms with Crippen LogP contribution in [-0.4, -0.2) is 18.4 Å². The molecule has 0 aliphatic rings. The number of anilines is 1. The van der Waals surface area contributed by atoms with Crippen LogP contribution in [0.3, 0.4) is 0 Å². The van der Waals surface area contributed by atoms with Crippen LogP contribution in [0.2, 0.25) is 0 Å². The predicted molar refractivity (Wildman–Crippen MR) is 119 cm³/mol. The first-order valence-corrected chi connectivity index (χ1v) is 8.59. The van der Waals surface area contributed by atoms with Gasteiger partial charge < -0.3 is 16.4 Å². The van der Waals surface area contributed by atoms with Crippen LogP contribution < -0.4 is 16.4 Å². The van der Waals surface area contributed by atoms with Crippen LogP contribution in [-0.2, 0) is 6.54 Å². The Kier molecular flexibility index (Phi) is 9.72. The molecule has 1 amide bonds. The van der Waals surface area contributed by atoms with E-state index in [2.05, 4.69) is 22.5 Å². The molecule has 26 heavy (non-hydrogen) atoms. The summed E-state index contributed by atoms with van der Waals surface area (Å²) in [7, 11) is 0. The van der Waals surface area contributed by atoms with E-state index < -0.39 is 0 Å². The van der Waals surface area contributed by atoms with Crippen molar-refractivity contribution in [3.8, 4) is 0 Å². The Morgan fingerprint density at radius 2 is 1.73 bits per heavy atom. The number of amides is 1. The van der Waals surface area contributed by atoms with Gasteiger partial charge in [-0.2, -0.15) is 0 Å². The van der Waals surface area contributed by atoms with Crippen LogP contribution >= 0.6 is 24.0 Å². The molecule has 2 aromatic carbocycles. The Morgan fingerprint density at radius 1 is 1.08 bits per heavy atom. The first-order chi connectivity index (χ1) is 12.1. The number of hydrogen-bond acceptors (Lipinski definition) is 2. The Labute approximate surface area is 172 Å². The number of halogens is 1. The van der Waals surface area contributed by atoms with Gasteiger partial charge in [0.25, 0.3) is 5.91 Å². The molecule has 0 atom stereocenters. The quantitative estimate of drug-likeness (QED) is 0.249. The number of carbonyl (C=O) groups excluding carboxylic acids is 1. The number of nitrogens with one attached hydrogen (secondary N) is 2. The van der Waals surface area contributed by atoms with Crippen LogP contribution in [0.1, 0.15) is 41.3 Å². The highest BCUT2D eigenvalue weighted by molar-refractivity contribution is 14.0. The van der Waals surface area contributed by atoms with E-state index in [1.54, 1.807) is 0 Å². The minimum atomic E-state index is -0.0379. The molecule has 0 saturated heterocycles. The van der Waals surface area contributed by atoms with Crippen molar-refractivity contribution >= 4 is 41.5 Å². The maximum atomic E-state index is 12.0. The molecule has 5 nitrogen and oxygen atoms in total. The molecule has 2 aromatic rings. The second kappa shape index (κ2) is 11.5. The van der Waals surface area contributed by atoms with Crippen molar-refractivity contribution in [2.24, 2.45) is 10.7 Å². The molecule has 0 fully saturated rings. The van der Waals surface area contributed by atoms with Gasteiger partial charge in [0.2, 0.25) is 0 Å². The second-order valence-electron chi connectivity index (χ2n) is 6.00. The molecule has 0 saturated carbocycles. The molecule has 0 spiro atoms. The van der Waals surface area contributed by atoms with Crippen molar-refractivity contribution in [1.29, 1.82) is 0 Å². The summed E-state index contributed by atoms with van der Waals surface area (Å²) >= 11 is 0. The average molecular weight is 466 g/mol. The molecule has 0 bridgehead atoms. The lowest BCUT2D eigenvalue weighted by atomic mass is 10.1. The molecular weight excluding hydrogens is 439 g/mol. The molecular formula is C20H27IN4O. The van der Waals surface area contributed by atoms with Gasteiger partial charge in [0, 0.05) is 17.8 Å². The third-order valence-corrected chi connectivity index (χ3v) is 3.79. The SMILES string of the molecule is CCCCNC(=O)c1ccc(CN=C(N)Nc2ccc(C)cc2)cc1.I. The lowest BCUT2D eigenvalue weighted by Crippen LogP contribution is -2.24. The lowest BCUT2D eigenvalue weighted by molar-refractivity contribution is 0.0953. The first-order valence-electron chi connectivity index (χ1n) is 8.59. The topological polar surface area (TPSA) is 79.5 Å². The van der Waals surface area contributed by atoms with Crippen LogP contribution in [0.15, 0.2) is 53.5 Å². The summed E-state index contributed by atoms with van der Waals surface area (Å²) in [5.41, 5.74) is 9.68. The van der Waals surface area contributed by atoms with E-state index in [0.717, 1.165) is 24.1 Å². The lowest BCUT2D eigenvalue weighted by Gasteiger charge is -2.07. The fourth-order valence-corrected chi connectivity index (χ4v) is 2.24. The molecule has 2 rings (SSSR count). The van der Waals surface area contributed by atoms with E-state index in [1.807, 2.05) is 55.5 Å². The van der Waals surface area contributed by atoms with Gasteiger partial charge in [-0.05, 0) is 43.2 Å². The van der Waals surface area contributed by atoms with Gasteiger partial charge in [0.05, 0.1) is 6.54 Å². The van der Waals surface area contributed by atoms with E-state index >= 15 is 0 Å². The summed E-state index contributed by atoms with van der Waals surface area (Å²) in [4.78, 5) is 16.3. The van der Waals surface area contributed by atoms with Gasteiger partial charge in [0.1, 0.15) is 0 Å². The molecule has 0 aromatic heterocycles. The highest BCUT2D eigenvalue weighted by Crippen LogP contribution is 2.09. The monoisotopic (exact) mass is 466 g/mol. The number of carbonyl (C=O) groups is 1. The number of aliphatic imine (C=N–C) groups is 1. The summed E-state index contributed by atoms with van der Waals surface area (Å²) in [5, 5.41) is 5.97. The van der Waals surface area contributed by atoms with Gasteiger partial charge in [-0.25, -0.2) is 4.99 Å². The number of rotatable bonds is 7. The minimum absolute atomic E-state index is 0. The number of hydrogen-bond donors (Lipinski definition) is 3. The molecule has 0 radical (unpaired) electrons. The van der Waals surface area contributed by atoms with Crippen molar-refractivity contribution < 1.29 is 4.79 Å². The standard InChI is InChI=1S/C20H26N4O.HI/c1-3-4-13-22-19(25)17-9-7-16(8-10-17)14-23-20(21)24-18-11-5-15(2)6-12-18;/h5-12H,3-4,13-14H2,1-2H3,(H,22,25)(H3,21,23,24);1H. The van der Waals surface area contributed by atoms with Gasteiger partial charge in [-0.3, -0.25) is 4.79 Å². The zero-order chi connectivity index (χ0) is 18.1. The van der Waals surface area contributed by atoms with Crippen molar-refractivity contribution in [3.63, 3.8) is 0 Å². The van der Waals surface area contributed by atoms with Gasteiger partial charge in [-0.1, -0.05) is 43.2 Å². The van der Waals surface area contributed by atoms with Gasteiger partial charge in [-0.15, -0.1) is 24.0 Å². The molecule has 0 unspecified atom stereocenters. The van der Waals surface area contributed by atoms with Crippen molar-refractivity contribution in [2.75, 3.05) is 11.9 Å². The molecule has 0 aliphatic carbocycles. The first kappa shape index (κ1) is 22.0. The predicted octanol–water partition coefficient (Wildman–Crippen LogP) is 4.07. The smallest absolute Gasteiger partial charge is 0.251 e. The van der Waals surface area contributed by atoms with Crippen LogP contribution in [0, 0.1) is 6.92 Å². The van der Waals surface area contributed by atoms with Crippen LogP contribution in [0.25, 0.3) is 0 Å². The Hall–Kier alpha value is -2.09. The summed E-state index contributed by atoms with van der Waals surface area (Å²) < 4.78 is 0. The number of aryl methyl sites for hydroxylation is 1. The highest BCUT2D eigenvalue weighted by Gasteiger charge is 2.04.